The van der Waals surface area contributed by atoms with Gasteiger partial charge in [-0.3, -0.25) is 9.78 Å². The van der Waals surface area contributed by atoms with Crippen molar-refractivity contribution in [3.05, 3.63) is 65.8 Å². The highest BCUT2D eigenvalue weighted by molar-refractivity contribution is 7.20. The molecule has 0 radical (unpaired) electrons. The summed E-state index contributed by atoms with van der Waals surface area (Å²) in [5.74, 6) is 0.298. The SMILES string of the molecule is O=C(NCc1coc(-c2ccccc2)n1)c1nc2cnccc2s1. The van der Waals surface area contributed by atoms with E-state index in [2.05, 4.69) is 20.3 Å². The Labute approximate surface area is 141 Å². The summed E-state index contributed by atoms with van der Waals surface area (Å²) in [5, 5.41) is 3.21. The minimum atomic E-state index is -0.236. The minimum Gasteiger partial charge on any atom is -0.444 e. The van der Waals surface area contributed by atoms with Crippen molar-refractivity contribution in [1.82, 2.24) is 20.3 Å². The Hall–Kier alpha value is -3.06. The highest BCUT2D eigenvalue weighted by Gasteiger charge is 2.13. The fraction of sp³-hybridized carbons (Fsp3) is 0.0588. The van der Waals surface area contributed by atoms with Gasteiger partial charge in [0.1, 0.15) is 11.8 Å². The summed E-state index contributed by atoms with van der Waals surface area (Å²) in [6, 6.07) is 11.5. The lowest BCUT2D eigenvalue weighted by Crippen LogP contribution is -2.22. The van der Waals surface area contributed by atoms with Crippen LogP contribution >= 0.6 is 11.3 Å². The van der Waals surface area contributed by atoms with Crippen LogP contribution in [0, 0.1) is 0 Å². The Morgan fingerprint density at radius 2 is 2.04 bits per heavy atom. The van der Waals surface area contributed by atoms with E-state index in [0.717, 1.165) is 15.8 Å². The van der Waals surface area contributed by atoms with Gasteiger partial charge in [-0.25, -0.2) is 9.97 Å². The second-order valence-electron chi connectivity index (χ2n) is 5.06. The van der Waals surface area contributed by atoms with E-state index < -0.39 is 0 Å². The third-order valence-electron chi connectivity index (χ3n) is 3.39. The smallest absolute Gasteiger partial charge is 0.280 e. The maximum Gasteiger partial charge on any atom is 0.280 e. The summed E-state index contributed by atoms with van der Waals surface area (Å²) in [5.41, 5.74) is 2.28. The van der Waals surface area contributed by atoms with Crippen LogP contribution in [-0.4, -0.2) is 20.9 Å². The zero-order chi connectivity index (χ0) is 16.4. The van der Waals surface area contributed by atoms with Crippen molar-refractivity contribution < 1.29 is 9.21 Å². The molecule has 1 N–H and O–H groups in total. The summed E-state index contributed by atoms with van der Waals surface area (Å²) in [4.78, 5) is 24.9. The number of pyridine rings is 1. The van der Waals surface area contributed by atoms with Crippen LogP contribution in [0.2, 0.25) is 0 Å². The molecule has 0 atom stereocenters. The van der Waals surface area contributed by atoms with Gasteiger partial charge >= 0.3 is 0 Å². The summed E-state index contributed by atoms with van der Waals surface area (Å²) in [6.07, 6.45) is 4.87. The van der Waals surface area contributed by atoms with E-state index >= 15 is 0 Å². The van der Waals surface area contributed by atoms with Crippen molar-refractivity contribution in [1.29, 1.82) is 0 Å². The summed E-state index contributed by atoms with van der Waals surface area (Å²) >= 11 is 1.34. The molecule has 0 saturated carbocycles. The van der Waals surface area contributed by atoms with Crippen molar-refractivity contribution in [2.75, 3.05) is 0 Å². The number of oxazole rings is 1. The number of carbonyl (C=O) groups is 1. The Morgan fingerprint density at radius 3 is 2.88 bits per heavy atom. The van der Waals surface area contributed by atoms with E-state index in [1.54, 1.807) is 18.7 Å². The number of nitrogens with one attached hydrogen (secondary N) is 1. The molecule has 0 spiro atoms. The van der Waals surface area contributed by atoms with Crippen LogP contribution in [0.25, 0.3) is 21.7 Å². The fourth-order valence-electron chi connectivity index (χ4n) is 2.23. The quantitative estimate of drug-likeness (QED) is 0.618. The third-order valence-corrected chi connectivity index (χ3v) is 4.42. The molecule has 1 amide bonds. The first-order chi connectivity index (χ1) is 11.8. The van der Waals surface area contributed by atoms with Crippen LogP contribution < -0.4 is 5.32 Å². The monoisotopic (exact) mass is 336 g/mol. The van der Waals surface area contributed by atoms with Gasteiger partial charge in [-0.2, -0.15) is 0 Å². The van der Waals surface area contributed by atoms with Crippen molar-refractivity contribution in [2.45, 2.75) is 6.54 Å². The predicted octanol–water partition coefficient (Wildman–Crippen LogP) is 3.28. The number of thiazole rings is 1. The standard InChI is InChI=1S/C17H12N4O2S/c22-15(17-21-13-9-18-7-6-14(13)24-17)19-8-12-10-23-16(20-12)11-4-2-1-3-5-11/h1-7,9-10H,8H2,(H,19,22). The highest BCUT2D eigenvalue weighted by atomic mass is 32.1. The fourth-order valence-corrected chi connectivity index (χ4v) is 3.07. The Bertz CT molecular complexity index is 961. The first kappa shape index (κ1) is 14.5. The van der Waals surface area contributed by atoms with Crippen molar-refractivity contribution in [3.8, 4) is 11.5 Å². The molecule has 7 heteroatoms. The van der Waals surface area contributed by atoms with Crippen molar-refractivity contribution >= 4 is 27.5 Å². The van der Waals surface area contributed by atoms with Gasteiger partial charge < -0.3 is 9.73 Å². The van der Waals surface area contributed by atoms with Crippen molar-refractivity contribution in [2.24, 2.45) is 0 Å². The topological polar surface area (TPSA) is 80.9 Å². The van der Waals surface area contributed by atoms with Crippen LogP contribution in [0.4, 0.5) is 0 Å². The summed E-state index contributed by atoms with van der Waals surface area (Å²) in [6.45, 7) is 0.281. The molecule has 4 rings (SSSR count). The van der Waals surface area contributed by atoms with Crippen LogP contribution in [-0.2, 0) is 6.54 Å². The number of nitrogens with zero attached hydrogens (tertiary/aromatic N) is 3. The average Bonchev–Trinajstić information content (AvgIpc) is 3.27. The normalized spacial score (nSPS) is 10.8. The predicted molar refractivity (Wildman–Crippen MR) is 90.5 cm³/mol. The molecule has 0 unspecified atom stereocenters. The number of aromatic nitrogens is 3. The molecule has 3 aromatic heterocycles. The molecule has 0 aliphatic heterocycles. The van der Waals surface area contributed by atoms with Crippen LogP contribution in [0.5, 0.6) is 0 Å². The lowest BCUT2D eigenvalue weighted by Gasteiger charge is -1.98. The first-order valence-corrected chi connectivity index (χ1v) is 8.10. The van der Waals surface area contributed by atoms with Crippen LogP contribution in [0.3, 0.4) is 0 Å². The van der Waals surface area contributed by atoms with Gasteiger partial charge in [0, 0.05) is 11.8 Å². The van der Waals surface area contributed by atoms with Gasteiger partial charge in [0.05, 0.1) is 23.1 Å². The number of hydrogen-bond donors (Lipinski definition) is 1. The number of carbonyl (C=O) groups excluding carboxylic acids is 1. The molecule has 0 saturated heterocycles. The Morgan fingerprint density at radius 1 is 1.17 bits per heavy atom. The maximum atomic E-state index is 12.2. The average molecular weight is 336 g/mol. The van der Waals surface area contributed by atoms with Gasteiger partial charge in [-0.05, 0) is 18.2 Å². The van der Waals surface area contributed by atoms with Crippen LogP contribution in [0.15, 0.2) is 59.5 Å². The number of fused-ring (bicyclic) bond motifs is 1. The molecule has 4 aromatic rings. The second-order valence-corrected chi connectivity index (χ2v) is 6.09. The molecule has 0 fully saturated rings. The summed E-state index contributed by atoms with van der Waals surface area (Å²) in [7, 11) is 0. The molecule has 3 heterocycles. The van der Waals surface area contributed by atoms with Gasteiger partial charge in [0.2, 0.25) is 5.89 Å². The zero-order valence-corrected chi connectivity index (χ0v) is 13.3. The van der Waals surface area contributed by atoms with E-state index in [1.807, 2.05) is 36.4 Å². The molecule has 118 valence electrons. The third kappa shape index (κ3) is 2.89. The summed E-state index contributed by atoms with van der Waals surface area (Å²) < 4.78 is 6.39. The maximum absolute atomic E-state index is 12.2. The first-order valence-electron chi connectivity index (χ1n) is 7.28. The molecular formula is C17H12N4O2S. The lowest BCUT2D eigenvalue weighted by atomic mass is 10.2. The lowest BCUT2D eigenvalue weighted by molar-refractivity contribution is 0.0950. The Balaban J connectivity index is 1.45. The minimum absolute atomic E-state index is 0.236. The molecular weight excluding hydrogens is 324 g/mol. The molecule has 1 aromatic carbocycles. The second kappa shape index (κ2) is 6.21. The van der Waals surface area contributed by atoms with Gasteiger partial charge in [0.15, 0.2) is 5.01 Å². The highest BCUT2D eigenvalue weighted by Crippen LogP contribution is 2.21. The van der Waals surface area contributed by atoms with Gasteiger partial charge in [-0.1, -0.05) is 18.2 Å². The number of rotatable bonds is 4. The number of amides is 1. The molecule has 6 nitrogen and oxygen atoms in total. The van der Waals surface area contributed by atoms with Gasteiger partial charge in [-0.15, -0.1) is 11.3 Å². The van der Waals surface area contributed by atoms with E-state index in [4.69, 9.17) is 4.42 Å². The van der Waals surface area contributed by atoms with Gasteiger partial charge in [0.25, 0.3) is 5.91 Å². The van der Waals surface area contributed by atoms with Crippen LogP contribution in [0.1, 0.15) is 15.5 Å². The molecule has 0 aliphatic rings. The van der Waals surface area contributed by atoms with E-state index in [0.29, 0.717) is 16.6 Å². The molecule has 0 bridgehead atoms. The Kier molecular flexibility index (Phi) is 3.76. The van der Waals surface area contributed by atoms with Crippen molar-refractivity contribution in [3.63, 3.8) is 0 Å². The number of hydrogen-bond acceptors (Lipinski definition) is 6. The van der Waals surface area contributed by atoms with E-state index in [-0.39, 0.29) is 12.5 Å². The van der Waals surface area contributed by atoms with E-state index in [9.17, 15) is 4.79 Å². The van der Waals surface area contributed by atoms with E-state index in [1.165, 1.54) is 11.3 Å². The zero-order valence-electron chi connectivity index (χ0n) is 12.5. The molecule has 0 aliphatic carbocycles. The largest absolute Gasteiger partial charge is 0.444 e. The molecule has 24 heavy (non-hydrogen) atoms. The number of benzene rings is 1.